The van der Waals surface area contributed by atoms with Gasteiger partial charge in [-0.25, -0.2) is 12.7 Å². The van der Waals surface area contributed by atoms with Gasteiger partial charge in [-0.1, -0.05) is 33.6 Å². The number of hydrogen-bond donors (Lipinski definition) is 0. The standard InChI is InChI=1S/C13H14BrNO3S/c1-9-3-5-12(6-4-9)19(17,18)15-8-11(7-14)10(2)13(15)16/h3-6H,7-8H2,1-2H3. The number of halogens is 1. The largest absolute Gasteiger partial charge is 0.268 e. The molecule has 1 aromatic carbocycles. The van der Waals surface area contributed by atoms with Gasteiger partial charge in [-0.3, -0.25) is 4.79 Å². The second-order valence-corrected chi connectivity index (χ2v) is 6.92. The van der Waals surface area contributed by atoms with E-state index in [4.69, 9.17) is 0 Å². The fourth-order valence-electron chi connectivity index (χ4n) is 1.88. The molecule has 1 amide bonds. The molecule has 0 bridgehead atoms. The maximum atomic E-state index is 12.4. The summed E-state index contributed by atoms with van der Waals surface area (Å²) < 4.78 is 25.8. The molecule has 19 heavy (non-hydrogen) atoms. The van der Waals surface area contributed by atoms with E-state index in [1.807, 2.05) is 6.92 Å². The second kappa shape index (κ2) is 5.09. The predicted molar refractivity (Wildman–Crippen MR) is 76.6 cm³/mol. The van der Waals surface area contributed by atoms with Crippen LogP contribution in [0.1, 0.15) is 12.5 Å². The number of alkyl halides is 1. The number of benzene rings is 1. The highest BCUT2D eigenvalue weighted by Gasteiger charge is 2.36. The molecule has 0 aromatic heterocycles. The first-order valence-corrected chi connectivity index (χ1v) is 8.32. The lowest BCUT2D eigenvalue weighted by molar-refractivity contribution is -0.121. The summed E-state index contributed by atoms with van der Waals surface area (Å²) in [6.07, 6.45) is 0. The number of rotatable bonds is 3. The molecule has 1 heterocycles. The molecule has 1 aliphatic rings. The SMILES string of the molecule is CC1=C(CBr)CN(S(=O)(=O)c2ccc(C)cc2)C1=O. The van der Waals surface area contributed by atoms with Crippen LogP contribution in [0.3, 0.4) is 0 Å². The average molecular weight is 344 g/mol. The fraction of sp³-hybridized carbons (Fsp3) is 0.308. The van der Waals surface area contributed by atoms with Crippen molar-refractivity contribution in [1.29, 1.82) is 0 Å². The second-order valence-electron chi connectivity index (χ2n) is 4.49. The smallest absolute Gasteiger partial charge is 0.267 e. The van der Waals surface area contributed by atoms with Gasteiger partial charge in [0.25, 0.3) is 15.9 Å². The molecule has 1 aromatic rings. The van der Waals surface area contributed by atoms with Crippen molar-refractivity contribution in [3.63, 3.8) is 0 Å². The summed E-state index contributed by atoms with van der Waals surface area (Å²) in [6, 6.07) is 6.50. The average Bonchev–Trinajstić information content (AvgIpc) is 2.67. The highest BCUT2D eigenvalue weighted by atomic mass is 79.9. The monoisotopic (exact) mass is 343 g/mol. The van der Waals surface area contributed by atoms with Crippen LogP contribution in [0.15, 0.2) is 40.3 Å². The minimum Gasteiger partial charge on any atom is -0.268 e. The van der Waals surface area contributed by atoms with Crippen molar-refractivity contribution in [2.24, 2.45) is 0 Å². The van der Waals surface area contributed by atoms with Crippen LogP contribution < -0.4 is 0 Å². The van der Waals surface area contributed by atoms with Crippen molar-refractivity contribution >= 4 is 31.9 Å². The Bertz CT molecular complexity index is 647. The first kappa shape index (κ1) is 14.3. The maximum absolute atomic E-state index is 12.4. The van der Waals surface area contributed by atoms with Crippen LogP contribution in [0.4, 0.5) is 0 Å². The van der Waals surface area contributed by atoms with Crippen LogP contribution in [-0.4, -0.2) is 30.5 Å². The summed E-state index contributed by atoms with van der Waals surface area (Å²) in [5.74, 6) is -0.435. The van der Waals surface area contributed by atoms with E-state index in [0.717, 1.165) is 15.4 Å². The lowest BCUT2D eigenvalue weighted by atomic mass is 10.2. The number of sulfonamides is 1. The van der Waals surface area contributed by atoms with Crippen LogP contribution >= 0.6 is 15.9 Å². The van der Waals surface area contributed by atoms with Crippen molar-refractivity contribution in [2.75, 3.05) is 11.9 Å². The molecule has 0 unspecified atom stereocenters. The Morgan fingerprint density at radius 3 is 2.26 bits per heavy atom. The Morgan fingerprint density at radius 1 is 1.21 bits per heavy atom. The summed E-state index contributed by atoms with van der Waals surface area (Å²) >= 11 is 3.27. The van der Waals surface area contributed by atoms with Gasteiger partial charge in [0, 0.05) is 10.9 Å². The van der Waals surface area contributed by atoms with Crippen molar-refractivity contribution < 1.29 is 13.2 Å². The number of amides is 1. The molecule has 0 saturated heterocycles. The van der Waals surface area contributed by atoms with E-state index in [9.17, 15) is 13.2 Å². The molecule has 2 rings (SSSR count). The van der Waals surface area contributed by atoms with Gasteiger partial charge in [0.15, 0.2) is 0 Å². The zero-order valence-electron chi connectivity index (χ0n) is 10.7. The molecular weight excluding hydrogens is 330 g/mol. The zero-order chi connectivity index (χ0) is 14.2. The normalized spacial score (nSPS) is 16.4. The van der Waals surface area contributed by atoms with Crippen LogP contribution in [0.25, 0.3) is 0 Å². The summed E-state index contributed by atoms with van der Waals surface area (Å²) in [7, 11) is -3.76. The zero-order valence-corrected chi connectivity index (χ0v) is 13.1. The molecule has 4 nitrogen and oxygen atoms in total. The summed E-state index contributed by atoms with van der Waals surface area (Å²) in [4.78, 5) is 12.2. The predicted octanol–water partition coefficient (Wildman–Crippen LogP) is 2.24. The Morgan fingerprint density at radius 2 is 1.79 bits per heavy atom. The number of aryl methyl sites for hydroxylation is 1. The number of hydrogen-bond acceptors (Lipinski definition) is 3. The third kappa shape index (κ3) is 2.47. The Balaban J connectivity index is 2.38. The first-order chi connectivity index (χ1) is 8.87. The Kier molecular flexibility index (Phi) is 3.82. The van der Waals surface area contributed by atoms with E-state index in [0.29, 0.717) is 10.9 Å². The van der Waals surface area contributed by atoms with Gasteiger partial charge in [-0.05, 0) is 31.6 Å². The van der Waals surface area contributed by atoms with E-state index in [2.05, 4.69) is 15.9 Å². The van der Waals surface area contributed by atoms with Gasteiger partial charge >= 0.3 is 0 Å². The minimum atomic E-state index is -3.76. The Hall–Kier alpha value is -1.14. The fourth-order valence-corrected chi connectivity index (χ4v) is 3.89. The molecule has 0 atom stereocenters. The summed E-state index contributed by atoms with van der Waals surface area (Å²) in [5, 5.41) is 0.504. The lowest BCUT2D eigenvalue weighted by Crippen LogP contribution is -2.33. The third-order valence-corrected chi connectivity index (χ3v) is 5.60. The van der Waals surface area contributed by atoms with E-state index in [1.54, 1.807) is 19.1 Å². The highest BCUT2D eigenvalue weighted by Crippen LogP contribution is 2.26. The molecule has 0 aliphatic carbocycles. The topological polar surface area (TPSA) is 54.5 Å². The van der Waals surface area contributed by atoms with E-state index >= 15 is 0 Å². The highest BCUT2D eigenvalue weighted by molar-refractivity contribution is 9.09. The van der Waals surface area contributed by atoms with Crippen LogP contribution in [0.2, 0.25) is 0 Å². The van der Waals surface area contributed by atoms with Gasteiger partial charge in [-0.2, -0.15) is 0 Å². The van der Waals surface area contributed by atoms with Crippen molar-refractivity contribution in [1.82, 2.24) is 4.31 Å². The van der Waals surface area contributed by atoms with Gasteiger partial charge in [0.05, 0.1) is 11.4 Å². The molecule has 0 fully saturated rings. The summed E-state index contributed by atoms with van der Waals surface area (Å²) in [5.41, 5.74) is 2.29. The Labute approximate surface area is 121 Å². The van der Waals surface area contributed by atoms with Gasteiger partial charge in [-0.15, -0.1) is 0 Å². The first-order valence-electron chi connectivity index (χ1n) is 5.76. The number of carbonyl (C=O) groups excluding carboxylic acids is 1. The van der Waals surface area contributed by atoms with Crippen LogP contribution in [-0.2, 0) is 14.8 Å². The lowest BCUT2D eigenvalue weighted by Gasteiger charge is -2.17. The molecular formula is C13H14BrNO3S. The molecule has 0 spiro atoms. The van der Waals surface area contributed by atoms with Crippen LogP contribution in [0, 0.1) is 6.92 Å². The maximum Gasteiger partial charge on any atom is 0.267 e. The van der Waals surface area contributed by atoms with E-state index in [-0.39, 0.29) is 11.4 Å². The number of nitrogens with zero attached hydrogens (tertiary/aromatic N) is 1. The van der Waals surface area contributed by atoms with Crippen molar-refractivity contribution in [2.45, 2.75) is 18.7 Å². The molecule has 0 saturated carbocycles. The molecule has 0 radical (unpaired) electrons. The van der Waals surface area contributed by atoms with E-state index in [1.165, 1.54) is 12.1 Å². The molecule has 6 heteroatoms. The van der Waals surface area contributed by atoms with Crippen molar-refractivity contribution in [3.8, 4) is 0 Å². The van der Waals surface area contributed by atoms with Crippen LogP contribution in [0.5, 0.6) is 0 Å². The molecule has 0 N–H and O–H groups in total. The number of carbonyl (C=O) groups is 1. The van der Waals surface area contributed by atoms with Gasteiger partial charge in [0.2, 0.25) is 0 Å². The molecule has 102 valence electrons. The molecule has 1 aliphatic heterocycles. The third-order valence-electron chi connectivity index (χ3n) is 3.18. The minimum absolute atomic E-state index is 0.131. The quantitative estimate of drug-likeness (QED) is 0.791. The van der Waals surface area contributed by atoms with Gasteiger partial charge < -0.3 is 0 Å². The van der Waals surface area contributed by atoms with Gasteiger partial charge in [0.1, 0.15) is 0 Å². The van der Waals surface area contributed by atoms with E-state index < -0.39 is 15.9 Å². The summed E-state index contributed by atoms with van der Waals surface area (Å²) in [6.45, 7) is 3.67. The van der Waals surface area contributed by atoms with Crippen molar-refractivity contribution in [3.05, 3.63) is 41.0 Å².